The van der Waals surface area contributed by atoms with Crippen molar-refractivity contribution in [2.24, 2.45) is 34.6 Å². The Morgan fingerprint density at radius 3 is 2.48 bits per heavy atom. The van der Waals surface area contributed by atoms with Gasteiger partial charge in [-0.25, -0.2) is 0 Å². The molecule has 2 N–H and O–H groups in total. The van der Waals surface area contributed by atoms with Crippen LogP contribution in [0.2, 0.25) is 0 Å². The van der Waals surface area contributed by atoms with Gasteiger partial charge in [-0.2, -0.15) is 0 Å². The zero-order chi connectivity index (χ0) is 21.1. The Labute approximate surface area is 203 Å². The Hall–Kier alpha value is -1.16. The summed E-state index contributed by atoms with van der Waals surface area (Å²) in [6.45, 7) is 10.6. The van der Waals surface area contributed by atoms with E-state index in [-0.39, 0.29) is 59.5 Å². The van der Waals surface area contributed by atoms with Gasteiger partial charge >= 0.3 is 0 Å². The van der Waals surface area contributed by atoms with Gasteiger partial charge in [-0.05, 0) is 63.5 Å². The molecular formula is C23H38IN5O2. The molecule has 0 spiro atoms. The molecule has 4 rings (SSSR count). The smallest absolute Gasteiger partial charge is 0.233 e. The Morgan fingerprint density at radius 1 is 1.13 bits per heavy atom. The number of hydrogen-bond donors (Lipinski definition) is 2. The molecule has 2 bridgehead atoms. The normalized spacial score (nSPS) is 32.4. The second kappa shape index (κ2) is 11.1. The summed E-state index contributed by atoms with van der Waals surface area (Å²) in [6, 6.07) is 0. The molecular weight excluding hydrogens is 505 g/mol. The summed E-state index contributed by atoms with van der Waals surface area (Å²) in [6.07, 6.45) is 8.53. The van der Waals surface area contributed by atoms with Gasteiger partial charge in [0.05, 0.1) is 11.8 Å². The molecule has 2 aliphatic heterocycles. The molecule has 5 unspecified atom stereocenters. The summed E-state index contributed by atoms with van der Waals surface area (Å²) in [5.74, 6) is 1.98. The van der Waals surface area contributed by atoms with E-state index in [0.29, 0.717) is 19.0 Å². The Morgan fingerprint density at radius 2 is 1.84 bits per heavy atom. The molecule has 2 aliphatic carbocycles. The molecule has 0 aromatic carbocycles. The van der Waals surface area contributed by atoms with Crippen LogP contribution in [-0.4, -0.2) is 73.4 Å². The lowest BCUT2D eigenvalue weighted by Crippen LogP contribution is -2.41. The molecule has 5 atom stereocenters. The Balaban J connectivity index is 0.00000272. The number of nitrogens with one attached hydrogen (secondary N) is 2. The molecule has 2 saturated heterocycles. The zero-order valence-corrected chi connectivity index (χ0v) is 21.2. The standard InChI is InChI=1S/C23H37N5O2.HI/c1-3-24-23(26-14-16-7-5-11-27(4-2)15-16)25-10-6-12-28-21(29)19-17-8-9-18(13-17)20(19)22(28)30;/h8-9,16-20H,3-7,10-15H2,1-2H3,(H2,24,25,26);1H. The fourth-order valence-corrected chi connectivity index (χ4v) is 5.78. The first-order chi connectivity index (χ1) is 14.6. The van der Waals surface area contributed by atoms with Crippen molar-refractivity contribution >= 4 is 41.8 Å². The largest absolute Gasteiger partial charge is 0.357 e. The van der Waals surface area contributed by atoms with Crippen molar-refractivity contribution in [1.29, 1.82) is 0 Å². The Kier molecular flexibility index (Phi) is 8.78. The van der Waals surface area contributed by atoms with E-state index in [4.69, 9.17) is 4.99 Å². The van der Waals surface area contributed by atoms with E-state index in [1.54, 1.807) is 0 Å². The van der Waals surface area contributed by atoms with E-state index in [2.05, 4.69) is 41.5 Å². The predicted octanol–water partition coefficient (Wildman–Crippen LogP) is 2.09. The van der Waals surface area contributed by atoms with Crippen molar-refractivity contribution in [1.82, 2.24) is 20.4 Å². The maximum absolute atomic E-state index is 12.8. The highest BCUT2D eigenvalue weighted by Crippen LogP contribution is 2.52. The zero-order valence-electron chi connectivity index (χ0n) is 18.9. The number of piperidine rings is 1. The quantitative estimate of drug-likeness (QED) is 0.123. The van der Waals surface area contributed by atoms with Crippen LogP contribution in [0.25, 0.3) is 0 Å². The van der Waals surface area contributed by atoms with E-state index in [0.717, 1.165) is 45.0 Å². The number of rotatable bonds is 8. The minimum Gasteiger partial charge on any atom is -0.357 e. The van der Waals surface area contributed by atoms with Crippen molar-refractivity contribution in [2.45, 2.75) is 39.5 Å². The van der Waals surface area contributed by atoms with Gasteiger partial charge < -0.3 is 15.5 Å². The predicted molar refractivity (Wildman–Crippen MR) is 133 cm³/mol. The molecule has 174 valence electrons. The van der Waals surface area contributed by atoms with Crippen LogP contribution in [0.1, 0.15) is 39.5 Å². The summed E-state index contributed by atoms with van der Waals surface area (Å²) < 4.78 is 0. The van der Waals surface area contributed by atoms with Gasteiger partial charge in [0.1, 0.15) is 0 Å². The van der Waals surface area contributed by atoms with Crippen molar-refractivity contribution in [3.8, 4) is 0 Å². The number of carbonyl (C=O) groups is 2. The van der Waals surface area contributed by atoms with Gasteiger partial charge in [0.25, 0.3) is 0 Å². The number of aliphatic imine (C=N–C) groups is 1. The maximum atomic E-state index is 12.8. The summed E-state index contributed by atoms with van der Waals surface area (Å²) in [7, 11) is 0. The van der Waals surface area contributed by atoms with Crippen LogP contribution in [0, 0.1) is 29.6 Å². The lowest BCUT2D eigenvalue weighted by atomic mass is 9.85. The molecule has 2 amide bonds. The number of likely N-dealkylation sites (tertiary alicyclic amines) is 2. The maximum Gasteiger partial charge on any atom is 0.233 e. The van der Waals surface area contributed by atoms with Crippen LogP contribution in [-0.2, 0) is 9.59 Å². The van der Waals surface area contributed by atoms with Crippen LogP contribution in [0.4, 0.5) is 0 Å². The summed E-state index contributed by atoms with van der Waals surface area (Å²) in [5.41, 5.74) is 0. The molecule has 8 heteroatoms. The molecule has 0 aromatic rings. The van der Waals surface area contributed by atoms with E-state index >= 15 is 0 Å². The minimum atomic E-state index is -0.0856. The van der Waals surface area contributed by atoms with Gasteiger partial charge in [0.15, 0.2) is 5.96 Å². The molecule has 0 aromatic heterocycles. The average molecular weight is 543 g/mol. The number of hydrogen-bond acceptors (Lipinski definition) is 4. The molecule has 0 radical (unpaired) electrons. The van der Waals surface area contributed by atoms with Crippen LogP contribution in [0.15, 0.2) is 17.1 Å². The van der Waals surface area contributed by atoms with Gasteiger partial charge in [0, 0.05) is 32.7 Å². The molecule has 2 heterocycles. The number of amides is 2. The molecule has 3 fully saturated rings. The lowest BCUT2D eigenvalue weighted by Gasteiger charge is -2.31. The first-order valence-corrected chi connectivity index (χ1v) is 11.9. The van der Waals surface area contributed by atoms with Crippen molar-refractivity contribution in [2.75, 3.05) is 45.8 Å². The number of imide groups is 1. The van der Waals surface area contributed by atoms with E-state index in [9.17, 15) is 9.59 Å². The topological polar surface area (TPSA) is 77.0 Å². The Bertz CT molecular complexity index is 682. The minimum absolute atomic E-state index is 0. The lowest BCUT2D eigenvalue weighted by molar-refractivity contribution is -0.140. The van der Waals surface area contributed by atoms with Crippen LogP contribution >= 0.6 is 24.0 Å². The molecule has 31 heavy (non-hydrogen) atoms. The van der Waals surface area contributed by atoms with Gasteiger partial charge in [-0.3, -0.25) is 19.5 Å². The van der Waals surface area contributed by atoms with E-state index in [1.165, 1.54) is 24.3 Å². The van der Waals surface area contributed by atoms with E-state index < -0.39 is 0 Å². The highest BCUT2D eigenvalue weighted by Gasteiger charge is 2.58. The number of halogens is 1. The second-order valence-corrected chi connectivity index (χ2v) is 9.23. The van der Waals surface area contributed by atoms with E-state index in [1.807, 2.05) is 0 Å². The third-order valence-corrected chi connectivity index (χ3v) is 7.31. The fourth-order valence-electron chi connectivity index (χ4n) is 5.78. The van der Waals surface area contributed by atoms with Crippen LogP contribution in [0.3, 0.4) is 0 Å². The molecule has 1 saturated carbocycles. The first kappa shape index (κ1) is 24.5. The van der Waals surface area contributed by atoms with Crippen LogP contribution < -0.4 is 10.6 Å². The number of nitrogens with zero attached hydrogens (tertiary/aromatic N) is 3. The number of guanidine groups is 1. The summed E-state index contributed by atoms with van der Waals surface area (Å²) in [5, 5.41) is 6.70. The second-order valence-electron chi connectivity index (χ2n) is 9.23. The number of allylic oxidation sites excluding steroid dienone is 2. The van der Waals surface area contributed by atoms with Crippen molar-refractivity contribution in [3.05, 3.63) is 12.2 Å². The van der Waals surface area contributed by atoms with Gasteiger partial charge in [-0.1, -0.05) is 19.1 Å². The highest BCUT2D eigenvalue weighted by molar-refractivity contribution is 14.0. The highest BCUT2D eigenvalue weighted by atomic mass is 127. The average Bonchev–Trinajstić information content (AvgIpc) is 3.44. The first-order valence-electron chi connectivity index (χ1n) is 11.9. The van der Waals surface area contributed by atoms with Gasteiger partial charge in [0.2, 0.25) is 11.8 Å². The van der Waals surface area contributed by atoms with Crippen LogP contribution in [0.5, 0.6) is 0 Å². The van der Waals surface area contributed by atoms with Crippen molar-refractivity contribution < 1.29 is 9.59 Å². The monoisotopic (exact) mass is 543 g/mol. The summed E-state index contributed by atoms with van der Waals surface area (Å²) in [4.78, 5) is 34.3. The SMILES string of the molecule is CCNC(=NCC1CCCN(CC)C1)NCCCN1C(=O)C2C3C=CC(C3)C2C1=O.I. The third kappa shape index (κ3) is 5.26. The van der Waals surface area contributed by atoms with Crippen molar-refractivity contribution in [3.63, 3.8) is 0 Å². The molecule has 4 aliphatic rings. The van der Waals surface area contributed by atoms with Gasteiger partial charge in [-0.15, -0.1) is 24.0 Å². The number of carbonyl (C=O) groups excluding carboxylic acids is 2. The third-order valence-electron chi connectivity index (χ3n) is 7.31. The number of fused-ring (bicyclic) bond motifs is 5. The fraction of sp³-hybridized carbons (Fsp3) is 0.783. The summed E-state index contributed by atoms with van der Waals surface area (Å²) >= 11 is 0. The molecule has 7 nitrogen and oxygen atoms in total.